The average molecular weight is 334 g/mol. The Balaban J connectivity index is 2.12. The fraction of sp³-hybridized carbons (Fsp3) is 0.0526. The van der Waals surface area contributed by atoms with E-state index in [1.807, 2.05) is 60.7 Å². The molecule has 1 N–H and O–H groups in total. The molecule has 24 heavy (non-hydrogen) atoms. The maximum atomic E-state index is 12.1. The number of nitrogens with zero attached hydrogens (tertiary/aromatic N) is 1. The minimum absolute atomic E-state index is 0.0968. The van der Waals surface area contributed by atoms with Crippen LogP contribution in [-0.4, -0.2) is 15.4 Å². The van der Waals surface area contributed by atoms with Gasteiger partial charge in [0.1, 0.15) is 11.6 Å². The Morgan fingerprint density at radius 2 is 1.54 bits per heavy atom. The smallest absolute Gasteiger partial charge is 0.267 e. The standard InChI is InChI=1S/C19H14N2O2S/c1-24(23)18-16(11-20)19(22)21-12-17(18)15-9-7-14(8-10-15)13-5-3-2-4-6-13/h2-10,12H,1H3,(H,21,22). The molecule has 1 atom stereocenters. The van der Waals surface area contributed by atoms with E-state index in [1.165, 1.54) is 12.5 Å². The second-order valence-electron chi connectivity index (χ2n) is 5.24. The van der Waals surface area contributed by atoms with E-state index in [1.54, 1.807) is 0 Å². The Hall–Kier alpha value is -2.97. The van der Waals surface area contributed by atoms with Crippen molar-refractivity contribution in [2.75, 3.05) is 6.26 Å². The number of nitrogens with one attached hydrogen (secondary N) is 1. The van der Waals surface area contributed by atoms with Gasteiger partial charge < -0.3 is 4.98 Å². The summed E-state index contributed by atoms with van der Waals surface area (Å²) >= 11 is 0. The normalized spacial score (nSPS) is 11.7. The van der Waals surface area contributed by atoms with Gasteiger partial charge in [-0.3, -0.25) is 9.00 Å². The van der Waals surface area contributed by atoms with Gasteiger partial charge in [-0.1, -0.05) is 54.6 Å². The third kappa shape index (κ3) is 2.92. The molecule has 3 rings (SSSR count). The summed E-state index contributed by atoms with van der Waals surface area (Å²) in [6.07, 6.45) is 2.98. The molecule has 1 heterocycles. The van der Waals surface area contributed by atoms with Gasteiger partial charge in [-0.05, 0) is 16.7 Å². The fourth-order valence-corrected chi connectivity index (χ4v) is 3.51. The molecule has 0 saturated heterocycles. The van der Waals surface area contributed by atoms with Crippen molar-refractivity contribution in [1.29, 1.82) is 5.26 Å². The number of nitriles is 1. The summed E-state index contributed by atoms with van der Waals surface area (Å²) in [5.74, 6) is 0. The number of hydrogen-bond donors (Lipinski definition) is 1. The zero-order chi connectivity index (χ0) is 17.1. The molecule has 3 aromatic rings. The van der Waals surface area contributed by atoms with E-state index >= 15 is 0 Å². The Bertz CT molecular complexity index is 1000. The maximum absolute atomic E-state index is 12.1. The molecule has 5 heteroatoms. The minimum atomic E-state index is -1.45. The third-order valence-corrected chi connectivity index (χ3v) is 4.75. The molecule has 0 bridgehead atoms. The summed E-state index contributed by atoms with van der Waals surface area (Å²) < 4.78 is 12.1. The molecule has 0 amide bonds. The maximum Gasteiger partial charge on any atom is 0.267 e. The van der Waals surface area contributed by atoms with E-state index in [0.29, 0.717) is 5.56 Å². The molecule has 118 valence electrons. The van der Waals surface area contributed by atoms with Gasteiger partial charge >= 0.3 is 0 Å². The SMILES string of the molecule is CS(=O)c1c(-c2ccc(-c3ccccc3)cc2)c[nH]c(=O)c1C#N. The van der Waals surface area contributed by atoms with E-state index in [0.717, 1.165) is 16.7 Å². The van der Waals surface area contributed by atoms with Crippen LogP contribution in [0.1, 0.15) is 5.56 Å². The lowest BCUT2D eigenvalue weighted by atomic mass is 10.0. The number of hydrogen-bond acceptors (Lipinski definition) is 3. The third-order valence-electron chi connectivity index (χ3n) is 3.75. The first-order chi connectivity index (χ1) is 11.6. The summed E-state index contributed by atoms with van der Waals surface area (Å²) in [6, 6.07) is 19.5. The monoisotopic (exact) mass is 334 g/mol. The van der Waals surface area contributed by atoms with Crippen LogP contribution < -0.4 is 5.56 Å². The number of pyridine rings is 1. The summed E-state index contributed by atoms with van der Waals surface area (Å²) in [7, 11) is -1.45. The molecule has 0 aliphatic rings. The Kier molecular flexibility index (Phi) is 4.41. The molecule has 0 fully saturated rings. The van der Waals surface area contributed by atoms with Crippen molar-refractivity contribution < 1.29 is 4.21 Å². The molecule has 2 aromatic carbocycles. The first-order valence-electron chi connectivity index (χ1n) is 7.27. The van der Waals surface area contributed by atoms with E-state index in [-0.39, 0.29) is 10.5 Å². The molecule has 0 saturated carbocycles. The highest BCUT2D eigenvalue weighted by Crippen LogP contribution is 2.28. The van der Waals surface area contributed by atoms with Crippen LogP contribution in [0.2, 0.25) is 0 Å². The zero-order valence-corrected chi connectivity index (χ0v) is 13.8. The largest absolute Gasteiger partial charge is 0.327 e. The molecular formula is C19H14N2O2S. The number of H-pyrrole nitrogens is 1. The summed E-state index contributed by atoms with van der Waals surface area (Å²) in [5.41, 5.74) is 2.94. The molecule has 0 aliphatic heterocycles. The van der Waals surface area contributed by atoms with Crippen LogP contribution in [0.5, 0.6) is 0 Å². The van der Waals surface area contributed by atoms with Crippen molar-refractivity contribution in [1.82, 2.24) is 4.98 Å². The fourth-order valence-electron chi connectivity index (χ4n) is 2.60. The molecule has 1 aromatic heterocycles. The van der Waals surface area contributed by atoms with Crippen LogP contribution in [-0.2, 0) is 10.8 Å². The van der Waals surface area contributed by atoms with Crippen LogP contribution >= 0.6 is 0 Å². The van der Waals surface area contributed by atoms with Gasteiger partial charge in [0.05, 0.1) is 15.7 Å². The van der Waals surface area contributed by atoms with Crippen LogP contribution in [0.15, 0.2) is 70.5 Å². The highest BCUT2D eigenvalue weighted by atomic mass is 32.2. The predicted octanol–water partition coefficient (Wildman–Crippen LogP) is 3.32. The second kappa shape index (κ2) is 6.65. The van der Waals surface area contributed by atoms with E-state index in [9.17, 15) is 14.3 Å². The van der Waals surface area contributed by atoms with Crippen molar-refractivity contribution in [3.05, 3.63) is 76.7 Å². The number of aromatic amines is 1. The van der Waals surface area contributed by atoms with Gasteiger partial charge in [0.15, 0.2) is 0 Å². The van der Waals surface area contributed by atoms with E-state index < -0.39 is 16.4 Å². The lowest BCUT2D eigenvalue weighted by Gasteiger charge is -2.09. The summed E-state index contributed by atoms with van der Waals surface area (Å²) in [6.45, 7) is 0. The molecule has 0 spiro atoms. The molecular weight excluding hydrogens is 320 g/mol. The van der Waals surface area contributed by atoms with E-state index in [2.05, 4.69) is 4.98 Å². The molecule has 0 radical (unpaired) electrons. The summed E-state index contributed by atoms with van der Waals surface area (Å²) in [4.78, 5) is 14.6. The Morgan fingerprint density at radius 3 is 2.12 bits per heavy atom. The van der Waals surface area contributed by atoms with Crippen LogP contribution in [0.4, 0.5) is 0 Å². The molecule has 0 aliphatic carbocycles. The van der Waals surface area contributed by atoms with Crippen molar-refractivity contribution in [3.63, 3.8) is 0 Å². The van der Waals surface area contributed by atoms with Gasteiger partial charge in [-0.15, -0.1) is 0 Å². The van der Waals surface area contributed by atoms with Crippen molar-refractivity contribution in [2.24, 2.45) is 0 Å². The predicted molar refractivity (Wildman–Crippen MR) is 95.0 cm³/mol. The average Bonchev–Trinajstić information content (AvgIpc) is 2.62. The lowest BCUT2D eigenvalue weighted by molar-refractivity contribution is 0.686. The molecule has 4 nitrogen and oxygen atoms in total. The Labute approximate surface area is 141 Å². The topological polar surface area (TPSA) is 73.7 Å². The minimum Gasteiger partial charge on any atom is -0.327 e. The van der Waals surface area contributed by atoms with Crippen LogP contribution in [0, 0.1) is 11.3 Å². The zero-order valence-electron chi connectivity index (χ0n) is 12.9. The van der Waals surface area contributed by atoms with Gasteiger partial charge in [0.2, 0.25) is 0 Å². The number of benzene rings is 2. The van der Waals surface area contributed by atoms with Crippen molar-refractivity contribution in [3.8, 4) is 28.3 Å². The van der Waals surface area contributed by atoms with Crippen LogP contribution in [0.3, 0.4) is 0 Å². The quantitative estimate of drug-likeness (QED) is 0.798. The van der Waals surface area contributed by atoms with Gasteiger partial charge in [-0.2, -0.15) is 5.26 Å². The van der Waals surface area contributed by atoms with Crippen molar-refractivity contribution >= 4 is 10.8 Å². The highest BCUT2D eigenvalue weighted by molar-refractivity contribution is 7.84. The first-order valence-corrected chi connectivity index (χ1v) is 8.82. The first kappa shape index (κ1) is 15.9. The highest BCUT2D eigenvalue weighted by Gasteiger charge is 2.17. The summed E-state index contributed by atoms with van der Waals surface area (Å²) in [5, 5.41) is 9.21. The van der Waals surface area contributed by atoms with Gasteiger partial charge in [0, 0.05) is 18.0 Å². The van der Waals surface area contributed by atoms with E-state index in [4.69, 9.17) is 0 Å². The molecule has 1 unspecified atom stereocenters. The lowest BCUT2D eigenvalue weighted by Crippen LogP contribution is -2.14. The van der Waals surface area contributed by atoms with Crippen LogP contribution in [0.25, 0.3) is 22.3 Å². The number of rotatable bonds is 3. The van der Waals surface area contributed by atoms with Gasteiger partial charge in [0.25, 0.3) is 5.56 Å². The second-order valence-corrected chi connectivity index (χ2v) is 6.56. The van der Waals surface area contributed by atoms with Crippen molar-refractivity contribution in [2.45, 2.75) is 4.90 Å². The number of aromatic nitrogens is 1. The Morgan fingerprint density at radius 1 is 0.958 bits per heavy atom. The van der Waals surface area contributed by atoms with Gasteiger partial charge in [-0.25, -0.2) is 0 Å².